The molecular weight excluding hydrogens is 436 g/mol. The van der Waals surface area contributed by atoms with E-state index in [1.54, 1.807) is 47.9 Å². The number of nitrogens with zero attached hydrogens (tertiary/aromatic N) is 1. The largest absolute Gasteiger partial charge is 0.479 e. The molecule has 0 saturated heterocycles. The molecule has 0 saturated carbocycles. The zero-order valence-electron chi connectivity index (χ0n) is 18.0. The van der Waals surface area contributed by atoms with Crippen molar-refractivity contribution in [3.8, 4) is 5.75 Å². The third-order valence-electron chi connectivity index (χ3n) is 5.78. The van der Waals surface area contributed by atoms with Crippen LogP contribution in [0.2, 0.25) is 0 Å². The molecule has 0 unspecified atom stereocenters. The lowest BCUT2D eigenvalue weighted by molar-refractivity contribution is -0.238. The minimum absolute atomic E-state index is 0.0596. The second-order valence-electron chi connectivity index (χ2n) is 7.66. The Kier molecular flexibility index (Phi) is 5.72. The number of fused-ring (bicyclic) bond motifs is 2. The lowest BCUT2D eigenvalue weighted by Gasteiger charge is -2.46. The van der Waals surface area contributed by atoms with Crippen molar-refractivity contribution >= 4 is 35.0 Å². The zero-order valence-corrected chi connectivity index (χ0v) is 18.8. The summed E-state index contributed by atoms with van der Waals surface area (Å²) in [6.07, 6.45) is -2.15. The van der Waals surface area contributed by atoms with Gasteiger partial charge in [0.2, 0.25) is 0 Å². The van der Waals surface area contributed by atoms with Crippen LogP contribution in [0.5, 0.6) is 5.75 Å². The number of aliphatic hydroxyl groups is 1. The summed E-state index contributed by atoms with van der Waals surface area (Å²) in [5.41, 5.74) is 6.76. The molecule has 10 heteroatoms. The van der Waals surface area contributed by atoms with Crippen molar-refractivity contribution in [2.24, 2.45) is 0 Å². The van der Waals surface area contributed by atoms with Gasteiger partial charge in [0, 0.05) is 25.5 Å². The smallest absolute Gasteiger partial charge is 0.340 e. The molecule has 32 heavy (non-hydrogen) atoms. The standard InChI is InChI=1S/C22H24N2O7S/c1-22(20(28-3)29-4)18(25)17(13-10-11(23)8-9-14(13)31-22)24-16-12(19(26)27-2)6-5-7-15(16)30-21(24)32/h5-10,17-18,20,25H,23H2,1-4H3/t17-,18-,22-/m1/s1. The Morgan fingerprint density at radius 1 is 1.25 bits per heavy atom. The van der Waals surface area contributed by atoms with E-state index >= 15 is 0 Å². The molecular formula is C22H24N2O7S. The van der Waals surface area contributed by atoms with Crippen LogP contribution < -0.4 is 10.5 Å². The van der Waals surface area contributed by atoms with Crippen molar-refractivity contribution in [1.82, 2.24) is 4.57 Å². The van der Waals surface area contributed by atoms with Crippen molar-refractivity contribution in [3.63, 3.8) is 0 Å². The molecule has 0 fully saturated rings. The molecule has 0 bridgehead atoms. The minimum atomic E-state index is -1.34. The number of methoxy groups -OCH3 is 3. The maximum Gasteiger partial charge on any atom is 0.340 e. The fourth-order valence-electron chi connectivity index (χ4n) is 4.32. The van der Waals surface area contributed by atoms with Crippen LogP contribution in [0.25, 0.3) is 11.1 Å². The van der Waals surface area contributed by atoms with Crippen LogP contribution in [0, 0.1) is 4.84 Å². The molecule has 9 nitrogen and oxygen atoms in total. The lowest BCUT2D eigenvalue weighted by Crippen LogP contribution is -2.60. The number of aliphatic hydroxyl groups excluding tert-OH is 1. The van der Waals surface area contributed by atoms with E-state index in [0.29, 0.717) is 28.1 Å². The van der Waals surface area contributed by atoms with Crippen molar-refractivity contribution in [2.45, 2.75) is 31.0 Å². The molecule has 170 valence electrons. The molecule has 0 amide bonds. The first kappa shape index (κ1) is 22.3. The predicted octanol–water partition coefficient (Wildman–Crippen LogP) is 3.05. The number of para-hydroxylation sites is 1. The van der Waals surface area contributed by atoms with Gasteiger partial charge in [0.25, 0.3) is 4.84 Å². The molecule has 1 aliphatic rings. The fraction of sp³-hybridized carbons (Fsp3) is 0.364. The second kappa shape index (κ2) is 8.21. The van der Waals surface area contributed by atoms with E-state index in [9.17, 15) is 9.90 Å². The summed E-state index contributed by atoms with van der Waals surface area (Å²) in [7, 11) is 4.20. The fourth-order valence-corrected chi connectivity index (χ4v) is 4.61. The Hall–Kier alpha value is -2.92. The van der Waals surface area contributed by atoms with Gasteiger partial charge in [-0.25, -0.2) is 4.79 Å². The number of hydrogen-bond donors (Lipinski definition) is 2. The van der Waals surface area contributed by atoms with E-state index in [1.165, 1.54) is 21.3 Å². The molecule has 3 N–H and O–H groups in total. The van der Waals surface area contributed by atoms with Crippen molar-refractivity contribution in [3.05, 3.63) is 52.4 Å². The normalized spacial score (nSPS) is 22.6. The Bertz CT molecular complexity index is 1230. The van der Waals surface area contributed by atoms with Crippen LogP contribution in [0.1, 0.15) is 28.9 Å². The maximum absolute atomic E-state index is 12.5. The van der Waals surface area contributed by atoms with E-state index in [2.05, 4.69) is 0 Å². The van der Waals surface area contributed by atoms with E-state index < -0.39 is 30.0 Å². The van der Waals surface area contributed by atoms with Gasteiger partial charge in [0.05, 0.1) is 18.7 Å². The number of nitrogen functional groups attached to an aromatic ring is 1. The van der Waals surface area contributed by atoms with Crippen LogP contribution in [0.4, 0.5) is 5.69 Å². The molecule has 2 aromatic carbocycles. The molecule has 0 radical (unpaired) electrons. The zero-order chi connectivity index (χ0) is 23.2. The highest BCUT2D eigenvalue weighted by Gasteiger charge is 2.53. The highest BCUT2D eigenvalue weighted by atomic mass is 32.1. The van der Waals surface area contributed by atoms with Crippen molar-refractivity contribution < 1.29 is 33.3 Å². The number of anilines is 1. The van der Waals surface area contributed by atoms with Gasteiger partial charge in [-0.1, -0.05) is 6.07 Å². The van der Waals surface area contributed by atoms with Crippen LogP contribution in [0.15, 0.2) is 40.8 Å². The third kappa shape index (κ3) is 3.27. The molecule has 0 spiro atoms. The van der Waals surface area contributed by atoms with Crippen LogP contribution in [-0.2, 0) is 14.2 Å². The number of ether oxygens (including phenoxy) is 4. The lowest BCUT2D eigenvalue weighted by atomic mass is 9.84. The van der Waals surface area contributed by atoms with Gasteiger partial charge in [-0.3, -0.25) is 4.57 Å². The summed E-state index contributed by atoms with van der Waals surface area (Å²) in [6, 6.07) is 9.21. The van der Waals surface area contributed by atoms with E-state index in [4.69, 9.17) is 41.3 Å². The predicted molar refractivity (Wildman–Crippen MR) is 118 cm³/mol. The van der Waals surface area contributed by atoms with Gasteiger partial charge in [-0.05, 0) is 49.5 Å². The Labute approximate surface area is 189 Å². The first-order chi connectivity index (χ1) is 15.3. The van der Waals surface area contributed by atoms with Crippen molar-refractivity contribution in [1.29, 1.82) is 0 Å². The van der Waals surface area contributed by atoms with Gasteiger partial charge in [-0.2, -0.15) is 0 Å². The topological polar surface area (TPSA) is 118 Å². The number of nitrogens with two attached hydrogens (primary N) is 1. The number of aromatic nitrogens is 1. The monoisotopic (exact) mass is 460 g/mol. The van der Waals surface area contributed by atoms with Crippen molar-refractivity contribution in [2.75, 3.05) is 27.1 Å². The molecule has 1 aliphatic heterocycles. The number of oxazole rings is 1. The van der Waals surface area contributed by atoms with Gasteiger partial charge in [-0.15, -0.1) is 0 Å². The SMILES string of the molecule is COC(=O)c1cccc2oc(=S)n([C@@H]3c4cc(N)ccc4O[C@@](C)(C(OC)OC)[C@@H]3O)c12. The molecule has 1 aromatic heterocycles. The van der Waals surface area contributed by atoms with Gasteiger partial charge < -0.3 is 34.2 Å². The van der Waals surface area contributed by atoms with E-state index in [-0.39, 0.29) is 10.4 Å². The summed E-state index contributed by atoms with van der Waals surface area (Å²) in [4.78, 5) is 12.6. The van der Waals surface area contributed by atoms with Gasteiger partial charge >= 0.3 is 5.97 Å². The first-order valence-corrected chi connectivity index (χ1v) is 10.2. The average Bonchev–Trinajstić information content (AvgIpc) is 3.11. The Morgan fingerprint density at radius 3 is 2.62 bits per heavy atom. The number of hydrogen-bond acceptors (Lipinski definition) is 9. The molecule has 0 aliphatic carbocycles. The summed E-state index contributed by atoms with van der Waals surface area (Å²) in [5.74, 6) is -0.105. The number of rotatable bonds is 5. The summed E-state index contributed by atoms with van der Waals surface area (Å²) in [6.45, 7) is 1.68. The van der Waals surface area contributed by atoms with Crippen LogP contribution in [0.3, 0.4) is 0 Å². The van der Waals surface area contributed by atoms with Crippen LogP contribution >= 0.6 is 12.2 Å². The third-order valence-corrected chi connectivity index (χ3v) is 6.06. The molecule has 3 atom stereocenters. The number of carbonyl (C=O) groups excluding carboxylic acids is 1. The highest BCUT2D eigenvalue weighted by molar-refractivity contribution is 7.71. The maximum atomic E-state index is 12.5. The Balaban J connectivity index is 2.05. The number of carbonyl (C=O) groups is 1. The molecule has 4 rings (SSSR count). The Morgan fingerprint density at radius 2 is 1.97 bits per heavy atom. The number of esters is 1. The highest BCUT2D eigenvalue weighted by Crippen LogP contribution is 2.46. The van der Waals surface area contributed by atoms with E-state index in [1.807, 2.05) is 0 Å². The van der Waals surface area contributed by atoms with E-state index in [0.717, 1.165) is 0 Å². The quantitative estimate of drug-likeness (QED) is 0.256. The summed E-state index contributed by atoms with van der Waals surface area (Å²) in [5, 5.41) is 11.6. The summed E-state index contributed by atoms with van der Waals surface area (Å²) < 4.78 is 29.4. The van der Waals surface area contributed by atoms with Gasteiger partial charge in [0.1, 0.15) is 17.4 Å². The minimum Gasteiger partial charge on any atom is -0.479 e. The number of benzene rings is 2. The first-order valence-electron chi connectivity index (χ1n) is 9.81. The second-order valence-corrected chi connectivity index (χ2v) is 8.01. The molecule has 2 heterocycles. The van der Waals surface area contributed by atoms with Crippen LogP contribution in [-0.4, -0.2) is 55.0 Å². The molecule has 3 aromatic rings. The van der Waals surface area contributed by atoms with Gasteiger partial charge in [0.15, 0.2) is 17.5 Å². The summed E-state index contributed by atoms with van der Waals surface area (Å²) >= 11 is 5.53. The average molecular weight is 461 g/mol.